The van der Waals surface area contributed by atoms with Gasteiger partial charge in [-0.2, -0.15) is 5.10 Å². The molecule has 0 bridgehead atoms. The fourth-order valence-electron chi connectivity index (χ4n) is 4.26. The van der Waals surface area contributed by atoms with Crippen molar-refractivity contribution in [1.29, 1.82) is 0 Å². The average Bonchev–Trinajstić information content (AvgIpc) is 3.13. The molecule has 1 aromatic rings. The molecule has 0 saturated carbocycles. The van der Waals surface area contributed by atoms with E-state index in [-0.39, 0.29) is 23.3 Å². The lowest BCUT2D eigenvalue weighted by molar-refractivity contribution is -0.159. The molecule has 4 heterocycles. The van der Waals surface area contributed by atoms with Gasteiger partial charge in [-0.15, -0.1) is 0 Å². The minimum absolute atomic E-state index is 0.0697. The Morgan fingerprint density at radius 3 is 2.87 bits per heavy atom. The summed E-state index contributed by atoms with van der Waals surface area (Å²) in [7, 11) is 1.92. The number of aromatic nitrogens is 2. The van der Waals surface area contributed by atoms with Crippen molar-refractivity contribution in [3.63, 3.8) is 0 Å². The number of nitrogens with zero attached hydrogens (tertiary/aromatic N) is 3. The molecule has 3 fully saturated rings. The van der Waals surface area contributed by atoms with Crippen LogP contribution in [-0.2, 0) is 21.3 Å². The molecule has 0 N–H and O–H groups in total. The number of likely N-dealkylation sites (tertiary alicyclic amines) is 1. The number of carbonyl (C=O) groups is 1. The molecule has 1 amide bonds. The van der Waals surface area contributed by atoms with Gasteiger partial charge in [0, 0.05) is 50.0 Å². The molecule has 6 nitrogen and oxygen atoms in total. The van der Waals surface area contributed by atoms with Crippen molar-refractivity contribution in [2.45, 2.75) is 32.3 Å². The summed E-state index contributed by atoms with van der Waals surface area (Å²) in [6.07, 6.45) is 4.81. The lowest BCUT2D eigenvalue weighted by Crippen LogP contribution is -2.62. The minimum Gasteiger partial charge on any atom is -0.381 e. The molecular formula is C17H25N3O3. The lowest BCUT2D eigenvalue weighted by atomic mass is 9.74. The third kappa shape index (κ3) is 2.48. The molecule has 23 heavy (non-hydrogen) atoms. The molecular weight excluding hydrogens is 294 g/mol. The molecule has 3 aliphatic rings. The van der Waals surface area contributed by atoms with Crippen LogP contribution in [0.3, 0.4) is 0 Å². The number of carbonyl (C=O) groups excluding carboxylic acids is 1. The topological polar surface area (TPSA) is 56.6 Å². The zero-order chi connectivity index (χ0) is 16.0. The van der Waals surface area contributed by atoms with Gasteiger partial charge in [-0.1, -0.05) is 0 Å². The summed E-state index contributed by atoms with van der Waals surface area (Å²) < 4.78 is 13.4. The summed E-state index contributed by atoms with van der Waals surface area (Å²) in [5, 5.41) is 4.30. The summed E-state index contributed by atoms with van der Waals surface area (Å²) in [4.78, 5) is 14.9. The van der Waals surface area contributed by atoms with E-state index in [1.54, 1.807) is 0 Å². The van der Waals surface area contributed by atoms with Gasteiger partial charge in [-0.3, -0.25) is 9.48 Å². The van der Waals surface area contributed by atoms with Crippen LogP contribution in [0.4, 0.5) is 0 Å². The highest BCUT2D eigenvalue weighted by atomic mass is 16.5. The molecule has 126 valence electrons. The predicted molar refractivity (Wildman–Crippen MR) is 83.8 cm³/mol. The highest BCUT2D eigenvalue weighted by Gasteiger charge is 2.49. The zero-order valence-corrected chi connectivity index (χ0v) is 14.0. The van der Waals surface area contributed by atoms with Crippen molar-refractivity contribution >= 4 is 5.91 Å². The van der Waals surface area contributed by atoms with Crippen LogP contribution in [0, 0.1) is 18.3 Å². The van der Waals surface area contributed by atoms with E-state index in [9.17, 15) is 4.79 Å². The average molecular weight is 319 g/mol. The Kier molecular flexibility index (Phi) is 3.69. The number of hydrogen-bond donors (Lipinski definition) is 0. The first-order valence-corrected chi connectivity index (χ1v) is 8.56. The lowest BCUT2D eigenvalue weighted by Gasteiger charge is -2.52. The van der Waals surface area contributed by atoms with Gasteiger partial charge in [0.05, 0.1) is 24.8 Å². The molecule has 0 radical (unpaired) electrons. The van der Waals surface area contributed by atoms with Gasteiger partial charge < -0.3 is 14.4 Å². The maximum Gasteiger partial charge on any atom is 0.228 e. The maximum atomic E-state index is 12.9. The quantitative estimate of drug-likeness (QED) is 0.828. The first kappa shape index (κ1) is 15.1. The molecule has 3 saturated heterocycles. The molecule has 2 atom stereocenters. The van der Waals surface area contributed by atoms with E-state index in [0.717, 1.165) is 50.4 Å². The highest BCUT2D eigenvalue weighted by Crippen LogP contribution is 2.42. The van der Waals surface area contributed by atoms with Crippen LogP contribution < -0.4 is 0 Å². The minimum atomic E-state index is -0.143. The van der Waals surface area contributed by atoms with Crippen molar-refractivity contribution in [2.75, 3.05) is 32.9 Å². The van der Waals surface area contributed by atoms with Gasteiger partial charge >= 0.3 is 0 Å². The molecule has 4 rings (SSSR count). The van der Waals surface area contributed by atoms with E-state index >= 15 is 0 Å². The summed E-state index contributed by atoms with van der Waals surface area (Å²) in [6.45, 7) is 6.06. The zero-order valence-electron chi connectivity index (χ0n) is 14.0. The Morgan fingerprint density at radius 1 is 1.39 bits per heavy atom. The molecule has 1 spiro atoms. The number of hydrogen-bond acceptors (Lipinski definition) is 4. The van der Waals surface area contributed by atoms with Crippen molar-refractivity contribution in [1.82, 2.24) is 14.7 Å². The summed E-state index contributed by atoms with van der Waals surface area (Å²) in [6, 6.07) is 0. The molecule has 6 heteroatoms. The second-order valence-electron chi connectivity index (χ2n) is 7.35. The fourth-order valence-corrected chi connectivity index (χ4v) is 4.26. The van der Waals surface area contributed by atoms with Crippen LogP contribution in [0.2, 0.25) is 0 Å². The van der Waals surface area contributed by atoms with Gasteiger partial charge in [-0.25, -0.2) is 0 Å². The van der Waals surface area contributed by atoms with Crippen molar-refractivity contribution in [2.24, 2.45) is 18.4 Å². The smallest absolute Gasteiger partial charge is 0.228 e. The molecule has 0 aromatic carbocycles. The number of aryl methyl sites for hydroxylation is 1. The van der Waals surface area contributed by atoms with Gasteiger partial charge in [-0.05, 0) is 26.2 Å². The standard InChI is InChI=1S/C17H25N3O3/c1-12-14(8-18-19(12)2)15-13(4-7-23-15)16(21)20-9-17(10-20)5-3-6-22-11-17/h8,13,15H,3-7,9-11H2,1-2H3/t13-,15-/m0/s1. The maximum absolute atomic E-state index is 12.9. The van der Waals surface area contributed by atoms with E-state index in [0.29, 0.717) is 6.61 Å². The van der Waals surface area contributed by atoms with Crippen LogP contribution >= 0.6 is 0 Å². The summed E-state index contributed by atoms with van der Waals surface area (Å²) in [5.74, 6) is 0.173. The SMILES string of the molecule is Cc1c([C@H]2OCC[C@@H]2C(=O)N2CC3(CCCOC3)C2)cnn1C. The number of rotatable bonds is 2. The largest absolute Gasteiger partial charge is 0.381 e. The Bertz CT molecular complexity index is 598. The molecule has 3 aliphatic heterocycles. The van der Waals surface area contributed by atoms with Crippen molar-refractivity contribution < 1.29 is 14.3 Å². The van der Waals surface area contributed by atoms with Crippen LogP contribution in [0.1, 0.15) is 36.6 Å². The van der Waals surface area contributed by atoms with E-state index < -0.39 is 0 Å². The normalized spacial score (nSPS) is 29.7. The van der Waals surface area contributed by atoms with Gasteiger partial charge in [0.15, 0.2) is 0 Å². The van der Waals surface area contributed by atoms with Crippen molar-refractivity contribution in [3.05, 3.63) is 17.5 Å². The Balaban J connectivity index is 1.45. The van der Waals surface area contributed by atoms with Gasteiger partial charge in [0.2, 0.25) is 5.91 Å². The summed E-state index contributed by atoms with van der Waals surface area (Å²) in [5.41, 5.74) is 2.36. The second kappa shape index (κ2) is 5.60. The van der Waals surface area contributed by atoms with Crippen LogP contribution in [0.25, 0.3) is 0 Å². The van der Waals surface area contributed by atoms with Gasteiger partial charge in [0.25, 0.3) is 0 Å². The van der Waals surface area contributed by atoms with E-state index in [4.69, 9.17) is 9.47 Å². The first-order chi connectivity index (χ1) is 11.1. The van der Waals surface area contributed by atoms with Crippen LogP contribution in [0.15, 0.2) is 6.20 Å². The van der Waals surface area contributed by atoms with E-state index in [1.165, 1.54) is 6.42 Å². The summed E-state index contributed by atoms with van der Waals surface area (Å²) >= 11 is 0. The molecule has 0 aliphatic carbocycles. The third-order valence-corrected chi connectivity index (χ3v) is 5.76. The van der Waals surface area contributed by atoms with Crippen LogP contribution in [0.5, 0.6) is 0 Å². The Labute approximate surface area is 136 Å². The molecule has 0 unspecified atom stereocenters. The number of ether oxygens (including phenoxy) is 2. The van der Waals surface area contributed by atoms with E-state index in [2.05, 4.69) is 5.10 Å². The van der Waals surface area contributed by atoms with Crippen molar-refractivity contribution in [3.8, 4) is 0 Å². The first-order valence-electron chi connectivity index (χ1n) is 8.56. The Hall–Kier alpha value is -1.40. The third-order valence-electron chi connectivity index (χ3n) is 5.76. The molecule has 1 aromatic heterocycles. The number of amides is 1. The van der Waals surface area contributed by atoms with Gasteiger partial charge in [0.1, 0.15) is 0 Å². The fraction of sp³-hybridized carbons (Fsp3) is 0.765. The predicted octanol–water partition coefficient (Wildman–Crippen LogP) is 1.45. The van der Waals surface area contributed by atoms with Crippen LogP contribution in [-0.4, -0.2) is 53.5 Å². The van der Waals surface area contributed by atoms with E-state index in [1.807, 2.05) is 29.7 Å². The second-order valence-corrected chi connectivity index (χ2v) is 7.35. The Morgan fingerprint density at radius 2 is 2.22 bits per heavy atom. The monoisotopic (exact) mass is 319 g/mol. The highest BCUT2D eigenvalue weighted by molar-refractivity contribution is 5.81.